The van der Waals surface area contributed by atoms with Gasteiger partial charge in [-0.1, -0.05) is 97.1 Å². The zero-order chi connectivity index (χ0) is 28.3. The van der Waals surface area contributed by atoms with Crippen LogP contribution < -0.4 is 0 Å². The van der Waals surface area contributed by atoms with Crippen molar-refractivity contribution in [3.8, 4) is 43.4 Å². The highest BCUT2D eigenvalue weighted by atomic mass is 32.1. The predicted octanol–water partition coefficient (Wildman–Crippen LogP) is 10.7. The molecule has 0 spiro atoms. The van der Waals surface area contributed by atoms with Gasteiger partial charge in [-0.25, -0.2) is 9.97 Å². The number of aromatic nitrogens is 4. The zero-order valence-corrected chi connectivity index (χ0v) is 25.0. The Bertz CT molecular complexity index is 2220. The maximum atomic E-state index is 4.85. The summed E-state index contributed by atoms with van der Waals surface area (Å²) in [6.45, 7) is 0. The largest absolute Gasteiger partial charge is 0.236 e. The van der Waals surface area contributed by atoms with E-state index in [1.54, 1.807) is 22.7 Å². The van der Waals surface area contributed by atoms with Gasteiger partial charge >= 0.3 is 0 Å². The fourth-order valence-corrected chi connectivity index (χ4v) is 8.33. The lowest BCUT2D eigenvalue weighted by Crippen LogP contribution is -1.90. The normalized spacial score (nSPS) is 11.7. The fraction of sp³-hybridized carbons (Fsp3) is 0. The summed E-state index contributed by atoms with van der Waals surface area (Å²) in [5, 5.41) is 4.40. The Kier molecular flexibility index (Phi) is 5.69. The van der Waals surface area contributed by atoms with Gasteiger partial charge in [0.05, 0.1) is 32.2 Å². The summed E-state index contributed by atoms with van der Waals surface area (Å²) in [5.41, 5.74) is 10.7. The van der Waals surface area contributed by atoms with Gasteiger partial charge in [0.25, 0.3) is 0 Å². The van der Waals surface area contributed by atoms with Crippen LogP contribution in [-0.2, 0) is 0 Å². The molecule has 0 fully saturated rings. The quantitative estimate of drug-likeness (QED) is 0.201. The first-order chi connectivity index (χ1) is 21.3. The molecule has 0 radical (unpaired) electrons. The molecule has 0 saturated carbocycles. The Morgan fingerprint density at radius 3 is 1.23 bits per heavy atom. The van der Waals surface area contributed by atoms with Crippen molar-refractivity contribution in [2.45, 2.75) is 0 Å². The van der Waals surface area contributed by atoms with Crippen LogP contribution >= 0.6 is 34.4 Å². The molecule has 3 heterocycles. The van der Waals surface area contributed by atoms with Gasteiger partial charge in [0, 0.05) is 22.3 Å². The molecule has 0 aliphatic carbocycles. The van der Waals surface area contributed by atoms with Crippen LogP contribution in [0.3, 0.4) is 0 Å². The van der Waals surface area contributed by atoms with E-state index in [0.29, 0.717) is 0 Å². The number of thiazole rings is 2. The second-order valence-electron chi connectivity index (χ2n) is 10.4. The second-order valence-corrected chi connectivity index (χ2v) is 13.0. The van der Waals surface area contributed by atoms with Crippen molar-refractivity contribution in [3.63, 3.8) is 0 Å². The standard InChI is InChI=1S/C36H20N4S3/c1-2-8-26-25(7-1)31(21-13-17-23(18-14-21)35-37-27-9-3-5-11-29(27)41-35)33-34(40-43-39-33)32(26)22-15-19-24(20-16-22)36-38-28-10-4-6-12-30(28)42-36/h1-20H. The Morgan fingerprint density at radius 2 is 0.791 bits per heavy atom. The highest BCUT2D eigenvalue weighted by Crippen LogP contribution is 2.44. The van der Waals surface area contributed by atoms with E-state index in [1.165, 1.54) is 31.9 Å². The first-order valence-corrected chi connectivity index (χ1v) is 16.3. The molecule has 202 valence electrons. The maximum Gasteiger partial charge on any atom is 0.124 e. The number of hydrogen-bond acceptors (Lipinski definition) is 7. The summed E-state index contributed by atoms with van der Waals surface area (Å²) in [6.07, 6.45) is 0. The van der Waals surface area contributed by atoms with E-state index in [9.17, 15) is 0 Å². The minimum Gasteiger partial charge on any atom is -0.236 e. The van der Waals surface area contributed by atoms with Crippen molar-refractivity contribution in [1.29, 1.82) is 0 Å². The number of nitrogens with zero attached hydrogens (tertiary/aromatic N) is 4. The minimum atomic E-state index is 0.932. The number of benzene rings is 6. The third kappa shape index (κ3) is 4.08. The molecule has 0 atom stereocenters. The number of para-hydroxylation sites is 2. The predicted molar refractivity (Wildman–Crippen MR) is 183 cm³/mol. The SMILES string of the molecule is c1ccc2sc(-c3ccc(-c4c5ccccc5c(-c5ccc(-c6nc7ccccc7s6)cc5)c5nsnc45)cc3)nc2c1. The summed E-state index contributed by atoms with van der Waals surface area (Å²) in [5.74, 6) is 0. The van der Waals surface area contributed by atoms with Crippen molar-refractivity contribution < 1.29 is 0 Å². The van der Waals surface area contributed by atoms with Crippen LogP contribution in [0.25, 0.3) is 85.6 Å². The molecular formula is C36H20N4S3. The van der Waals surface area contributed by atoms with Crippen LogP contribution in [-0.4, -0.2) is 18.7 Å². The third-order valence-corrected chi connectivity index (χ3v) is 10.6. The van der Waals surface area contributed by atoms with Gasteiger partial charge in [-0.2, -0.15) is 8.75 Å². The van der Waals surface area contributed by atoms with Crippen molar-refractivity contribution in [1.82, 2.24) is 18.7 Å². The summed E-state index contributed by atoms with van der Waals surface area (Å²) >= 11 is 4.72. The first-order valence-electron chi connectivity index (χ1n) is 13.9. The van der Waals surface area contributed by atoms with Crippen molar-refractivity contribution >= 4 is 76.6 Å². The Labute approximate surface area is 258 Å². The van der Waals surface area contributed by atoms with E-state index in [1.807, 2.05) is 12.1 Å². The van der Waals surface area contributed by atoms with Crippen LogP contribution in [0.2, 0.25) is 0 Å². The highest BCUT2D eigenvalue weighted by Gasteiger charge is 2.20. The summed E-state index contributed by atoms with van der Waals surface area (Å²) in [7, 11) is 0. The van der Waals surface area contributed by atoms with Crippen LogP contribution in [0.15, 0.2) is 121 Å². The zero-order valence-electron chi connectivity index (χ0n) is 22.6. The Hall–Kier alpha value is -4.82. The molecule has 0 aliphatic rings. The van der Waals surface area contributed by atoms with Gasteiger partial charge in [-0.15, -0.1) is 22.7 Å². The van der Waals surface area contributed by atoms with Crippen LogP contribution in [0.1, 0.15) is 0 Å². The van der Waals surface area contributed by atoms with E-state index in [-0.39, 0.29) is 0 Å². The van der Waals surface area contributed by atoms with E-state index >= 15 is 0 Å². The summed E-state index contributed by atoms with van der Waals surface area (Å²) < 4.78 is 12.1. The molecule has 9 aromatic rings. The lowest BCUT2D eigenvalue weighted by atomic mass is 9.89. The number of hydrogen-bond donors (Lipinski definition) is 0. The van der Waals surface area contributed by atoms with Crippen LogP contribution in [0.5, 0.6) is 0 Å². The van der Waals surface area contributed by atoms with Crippen molar-refractivity contribution in [2.75, 3.05) is 0 Å². The molecule has 6 aromatic carbocycles. The smallest absolute Gasteiger partial charge is 0.124 e. The molecule has 0 unspecified atom stereocenters. The van der Waals surface area contributed by atoms with Gasteiger partial charge in [0.2, 0.25) is 0 Å². The van der Waals surface area contributed by atoms with Crippen molar-refractivity contribution in [2.24, 2.45) is 0 Å². The lowest BCUT2D eigenvalue weighted by molar-refractivity contribution is 1.47. The maximum absolute atomic E-state index is 4.85. The summed E-state index contributed by atoms with van der Waals surface area (Å²) in [6, 6.07) is 42.6. The van der Waals surface area contributed by atoms with Gasteiger partial charge in [-0.3, -0.25) is 0 Å². The molecule has 7 heteroatoms. The molecule has 0 N–H and O–H groups in total. The fourth-order valence-electron chi connectivity index (χ4n) is 5.83. The Morgan fingerprint density at radius 1 is 0.395 bits per heavy atom. The average Bonchev–Trinajstić information content (AvgIpc) is 3.82. The third-order valence-electron chi connectivity index (χ3n) is 7.86. The molecule has 0 aliphatic heterocycles. The van der Waals surface area contributed by atoms with Gasteiger partial charge < -0.3 is 0 Å². The number of fused-ring (bicyclic) bond motifs is 4. The molecule has 9 rings (SSSR count). The van der Waals surface area contributed by atoms with Gasteiger partial charge in [0.15, 0.2) is 0 Å². The monoisotopic (exact) mass is 604 g/mol. The lowest BCUT2D eigenvalue weighted by Gasteiger charge is -2.14. The van der Waals surface area contributed by atoms with Gasteiger partial charge in [-0.05, 0) is 46.2 Å². The minimum absolute atomic E-state index is 0.932. The first kappa shape index (κ1) is 24.7. The van der Waals surface area contributed by atoms with Crippen LogP contribution in [0.4, 0.5) is 0 Å². The molecule has 43 heavy (non-hydrogen) atoms. The molecule has 3 aromatic heterocycles. The second kappa shape index (κ2) is 9.88. The molecule has 4 nitrogen and oxygen atoms in total. The van der Waals surface area contributed by atoms with E-state index < -0.39 is 0 Å². The molecule has 0 saturated heterocycles. The average molecular weight is 605 g/mol. The van der Waals surface area contributed by atoms with Gasteiger partial charge in [0.1, 0.15) is 21.0 Å². The Balaban J connectivity index is 1.16. The van der Waals surface area contributed by atoms with E-state index in [2.05, 4.69) is 109 Å². The topological polar surface area (TPSA) is 51.6 Å². The van der Waals surface area contributed by atoms with Crippen molar-refractivity contribution in [3.05, 3.63) is 121 Å². The van der Waals surface area contributed by atoms with Crippen LogP contribution in [0, 0.1) is 0 Å². The summed E-state index contributed by atoms with van der Waals surface area (Å²) in [4.78, 5) is 9.71. The van der Waals surface area contributed by atoms with E-state index in [0.717, 1.165) is 65.5 Å². The molecule has 0 bridgehead atoms. The molecule has 0 amide bonds. The highest BCUT2D eigenvalue weighted by molar-refractivity contribution is 7.22. The molecular weight excluding hydrogens is 585 g/mol. The van der Waals surface area contributed by atoms with E-state index in [4.69, 9.17) is 18.7 Å². The number of rotatable bonds is 4.